The molecule has 3 heterocycles. The Morgan fingerprint density at radius 2 is 2.04 bits per heavy atom. The maximum Gasteiger partial charge on any atom is 0.142 e. The lowest BCUT2D eigenvalue weighted by Crippen LogP contribution is -2.68. The van der Waals surface area contributed by atoms with E-state index in [1.807, 2.05) is 18.9 Å². The van der Waals surface area contributed by atoms with E-state index in [1.165, 1.54) is 0 Å². The fourth-order valence-electron chi connectivity index (χ4n) is 3.83. The summed E-state index contributed by atoms with van der Waals surface area (Å²) in [6.07, 6.45) is -2.22. The van der Waals surface area contributed by atoms with E-state index in [-0.39, 0.29) is 24.4 Å². The summed E-state index contributed by atoms with van der Waals surface area (Å²) in [4.78, 5) is 4.08. The van der Waals surface area contributed by atoms with E-state index < -0.39 is 24.5 Å². The average Bonchev–Trinajstić information content (AvgIpc) is 3.10. The first-order valence-corrected chi connectivity index (χ1v) is 9.05. The number of likely N-dealkylation sites (N-methyl/N-ethyl adjacent to an activating group) is 1. The van der Waals surface area contributed by atoms with Gasteiger partial charge in [0.2, 0.25) is 0 Å². The SMILES string of the molecule is CC(N)CCN(C)C[C@H]1O[C@@H](N2CNC3C(N)NCNC32)[C@H](O)[C@@H]1O. The number of hydrogen-bond acceptors (Lipinski definition) is 10. The Kier molecular flexibility index (Phi) is 6.27. The standard InChI is InChI=1S/C15H33N7O3/c1-8(16)3-4-21(2)5-9-11(23)12(24)15(25-9)22-7-20-10-13(17)18-6-19-14(10)22/h8-15,18-20,23-24H,3-7,16-17H2,1-2H3/t8?,9-,10?,11-,12-,13?,14?,15-/m1/s1. The van der Waals surface area contributed by atoms with Crippen molar-refractivity contribution >= 4 is 0 Å². The highest BCUT2D eigenvalue weighted by Crippen LogP contribution is 2.28. The minimum atomic E-state index is -0.958. The number of nitrogens with one attached hydrogen (secondary N) is 3. The first-order chi connectivity index (χ1) is 11.9. The summed E-state index contributed by atoms with van der Waals surface area (Å²) in [6.45, 7) is 4.48. The molecule has 3 aliphatic rings. The lowest BCUT2D eigenvalue weighted by molar-refractivity contribution is -0.106. The van der Waals surface area contributed by atoms with Crippen molar-refractivity contribution in [3.63, 3.8) is 0 Å². The molecule has 10 nitrogen and oxygen atoms in total. The minimum Gasteiger partial charge on any atom is -0.387 e. The van der Waals surface area contributed by atoms with Crippen LogP contribution in [0.1, 0.15) is 13.3 Å². The van der Waals surface area contributed by atoms with Gasteiger partial charge in [-0.25, -0.2) is 4.90 Å². The van der Waals surface area contributed by atoms with Crippen LogP contribution in [-0.2, 0) is 4.74 Å². The maximum atomic E-state index is 10.5. The van der Waals surface area contributed by atoms with Crippen molar-refractivity contribution in [1.82, 2.24) is 25.8 Å². The zero-order valence-corrected chi connectivity index (χ0v) is 15.0. The van der Waals surface area contributed by atoms with Gasteiger partial charge in [0, 0.05) is 19.3 Å². The Hall–Kier alpha value is -0.400. The van der Waals surface area contributed by atoms with Crippen molar-refractivity contribution in [2.24, 2.45) is 11.5 Å². The second kappa shape index (κ2) is 8.09. The molecule has 3 saturated heterocycles. The number of nitrogens with zero attached hydrogens (tertiary/aromatic N) is 2. The topological polar surface area (TPSA) is 144 Å². The Bertz CT molecular complexity index is 443. The molecule has 146 valence electrons. The molecule has 9 N–H and O–H groups in total. The number of aliphatic hydroxyl groups excluding tert-OH is 2. The second-order valence-electron chi connectivity index (χ2n) is 7.53. The predicted octanol–water partition coefficient (Wildman–Crippen LogP) is -3.91. The molecule has 0 spiro atoms. The number of hydrogen-bond donors (Lipinski definition) is 7. The summed E-state index contributed by atoms with van der Waals surface area (Å²) in [7, 11) is 1.97. The fraction of sp³-hybridized carbons (Fsp3) is 1.00. The van der Waals surface area contributed by atoms with Gasteiger partial charge >= 0.3 is 0 Å². The van der Waals surface area contributed by atoms with Crippen molar-refractivity contribution in [1.29, 1.82) is 0 Å². The first kappa shape index (κ1) is 19.4. The van der Waals surface area contributed by atoms with Crippen LogP contribution in [-0.4, -0.2) is 102 Å². The van der Waals surface area contributed by atoms with Gasteiger partial charge in [-0.15, -0.1) is 0 Å². The number of nitrogens with two attached hydrogens (primary N) is 2. The molecule has 25 heavy (non-hydrogen) atoms. The molecule has 10 heteroatoms. The molecule has 0 aromatic rings. The van der Waals surface area contributed by atoms with Gasteiger partial charge in [-0.05, 0) is 26.9 Å². The monoisotopic (exact) mass is 359 g/mol. The van der Waals surface area contributed by atoms with Crippen molar-refractivity contribution in [3.05, 3.63) is 0 Å². The van der Waals surface area contributed by atoms with E-state index in [1.54, 1.807) is 0 Å². The van der Waals surface area contributed by atoms with Crippen LogP contribution in [0, 0.1) is 0 Å². The molecule has 0 amide bonds. The van der Waals surface area contributed by atoms with Gasteiger partial charge in [0.1, 0.15) is 24.5 Å². The quantitative estimate of drug-likeness (QED) is 0.251. The van der Waals surface area contributed by atoms with E-state index in [4.69, 9.17) is 16.2 Å². The Balaban J connectivity index is 1.58. The van der Waals surface area contributed by atoms with Crippen LogP contribution >= 0.6 is 0 Å². The predicted molar refractivity (Wildman–Crippen MR) is 93.0 cm³/mol. The van der Waals surface area contributed by atoms with Crippen LogP contribution in [0.15, 0.2) is 0 Å². The van der Waals surface area contributed by atoms with Gasteiger partial charge < -0.3 is 31.3 Å². The molecule has 0 aliphatic carbocycles. The first-order valence-electron chi connectivity index (χ1n) is 9.05. The Morgan fingerprint density at radius 1 is 1.28 bits per heavy atom. The van der Waals surface area contributed by atoms with Gasteiger partial charge in [0.05, 0.1) is 25.0 Å². The van der Waals surface area contributed by atoms with Crippen molar-refractivity contribution in [2.45, 2.75) is 62.3 Å². The van der Waals surface area contributed by atoms with E-state index in [0.717, 1.165) is 13.0 Å². The lowest BCUT2D eigenvalue weighted by atomic mass is 10.1. The summed E-state index contributed by atoms with van der Waals surface area (Å²) in [5, 5.41) is 30.8. The third kappa shape index (κ3) is 4.14. The normalized spacial score (nSPS) is 43.6. The number of ether oxygens (including phenoxy) is 1. The van der Waals surface area contributed by atoms with Crippen LogP contribution in [0.3, 0.4) is 0 Å². The zero-order chi connectivity index (χ0) is 18.1. The number of rotatable bonds is 6. The van der Waals surface area contributed by atoms with Crippen molar-refractivity contribution in [3.8, 4) is 0 Å². The van der Waals surface area contributed by atoms with Gasteiger partial charge in [-0.3, -0.25) is 16.0 Å². The largest absolute Gasteiger partial charge is 0.387 e. The molecule has 4 unspecified atom stereocenters. The summed E-state index contributed by atoms with van der Waals surface area (Å²) >= 11 is 0. The van der Waals surface area contributed by atoms with Gasteiger partial charge in [0.15, 0.2) is 0 Å². The summed E-state index contributed by atoms with van der Waals surface area (Å²) in [6, 6.07) is 0.160. The highest BCUT2D eigenvalue weighted by molar-refractivity contribution is 5.01. The van der Waals surface area contributed by atoms with E-state index >= 15 is 0 Å². The average molecular weight is 359 g/mol. The summed E-state index contributed by atoms with van der Waals surface area (Å²) < 4.78 is 6.04. The molecule has 0 saturated carbocycles. The van der Waals surface area contributed by atoms with Crippen LogP contribution in [0.5, 0.6) is 0 Å². The lowest BCUT2D eigenvalue weighted by Gasteiger charge is -2.38. The highest BCUT2D eigenvalue weighted by atomic mass is 16.6. The van der Waals surface area contributed by atoms with Gasteiger partial charge in [0.25, 0.3) is 0 Å². The third-order valence-corrected chi connectivity index (χ3v) is 5.36. The van der Waals surface area contributed by atoms with Crippen LogP contribution in [0.25, 0.3) is 0 Å². The summed E-state index contributed by atoms with van der Waals surface area (Å²) in [5.41, 5.74) is 11.9. The smallest absolute Gasteiger partial charge is 0.142 e. The molecule has 3 aliphatic heterocycles. The molecule has 0 aromatic carbocycles. The highest BCUT2D eigenvalue weighted by Gasteiger charge is 2.51. The summed E-state index contributed by atoms with van der Waals surface area (Å²) in [5.74, 6) is 0. The fourth-order valence-corrected chi connectivity index (χ4v) is 3.83. The molecule has 3 rings (SSSR count). The van der Waals surface area contributed by atoms with E-state index in [9.17, 15) is 10.2 Å². The third-order valence-electron chi connectivity index (χ3n) is 5.36. The molecular weight excluding hydrogens is 326 g/mol. The van der Waals surface area contributed by atoms with Crippen molar-refractivity contribution < 1.29 is 14.9 Å². The number of aliphatic hydroxyl groups is 2. The Morgan fingerprint density at radius 3 is 2.76 bits per heavy atom. The van der Waals surface area contributed by atoms with Gasteiger partial charge in [-0.1, -0.05) is 0 Å². The molecule has 8 atom stereocenters. The maximum absolute atomic E-state index is 10.5. The van der Waals surface area contributed by atoms with Crippen LogP contribution < -0.4 is 27.4 Å². The van der Waals surface area contributed by atoms with Crippen molar-refractivity contribution in [2.75, 3.05) is 33.5 Å². The molecule has 0 radical (unpaired) electrons. The van der Waals surface area contributed by atoms with E-state index in [2.05, 4.69) is 20.9 Å². The van der Waals surface area contributed by atoms with Crippen LogP contribution in [0.2, 0.25) is 0 Å². The molecular formula is C15H33N7O3. The minimum absolute atomic E-state index is 0.0226. The van der Waals surface area contributed by atoms with Gasteiger partial charge in [-0.2, -0.15) is 0 Å². The van der Waals surface area contributed by atoms with Crippen LogP contribution in [0.4, 0.5) is 0 Å². The Labute approximate surface area is 148 Å². The molecule has 3 fully saturated rings. The second-order valence-corrected chi connectivity index (χ2v) is 7.53. The molecule has 0 aromatic heterocycles. The van der Waals surface area contributed by atoms with E-state index in [0.29, 0.717) is 19.9 Å². The molecule has 0 bridgehead atoms. The zero-order valence-electron chi connectivity index (χ0n) is 15.0. The number of fused-ring (bicyclic) bond motifs is 1.